The number of carbonyl (C=O) groups excluding carboxylic acids is 2. The van der Waals surface area contributed by atoms with Crippen molar-refractivity contribution in [1.29, 1.82) is 0 Å². The number of carbonyl (C=O) groups is 2. The van der Waals surface area contributed by atoms with E-state index in [1.807, 2.05) is 19.1 Å². The average Bonchev–Trinajstić information content (AvgIpc) is 3.10. The summed E-state index contributed by atoms with van der Waals surface area (Å²) in [5.41, 5.74) is -0.446. The van der Waals surface area contributed by atoms with Crippen LogP contribution in [0.3, 0.4) is 0 Å². The Morgan fingerprint density at radius 2 is 1.96 bits per heavy atom. The first-order valence-corrected chi connectivity index (χ1v) is 10.9. The highest BCUT2D eigenvalue weighted by molar-refractivity contribution is 7.16. The van der Waals surface area contributed by atoms with Crippen molar-refractivity contribution in [2.45, 2.75) is 65.5 Å². The molecule has 1 saturated heterocycles. The van der Waals surface area contributed by atoms with E-state index in [0.29, 0.717) is 19.1 Å². The van der Waals surface area contributed by atoms with E-state index in [1.54, 1.807) is 0 Å². The number of nitrogens with one attached hydrogen (secondary N) is 1. The largest absolute Gasteiger partial charge is 0.326 e. The van der Waals surface area contributed by atoms with Gasteiger partial charge in [-0.1, -0.05) is 39.3 Å². The van der Waals surface area contributed by atoms with Crippen LogP contribution in [0.2, 0.25) is 4.34 Å². The van der Waals surface area contributed by atoms with Crippen LogP contribution < -0.4 is 5.32 Å². The average molecular weight is 412 g/mol. The lowest BCUT2D eigenvalue weighted by Crippen LogP contribution is -2.51. The number of urea groups is 1. The second-order valence-electron chi connectivity index (χ2n) is 8.88. The molecule has 1 aromatic heterocycles. The van der Waals surface area contributed by atoms with Crippen molar-refractivity contribution in [1.82, 2.24) is 15.1 Å². The van der Waals surface area contributed by atoms with E-state index in [2.05, 4.69) is 31.0 Å². The van der Waals surface area contributed by atoms with Crippen LogP contribution in [0.15, 0.2) is 12.1 Å². The number of rotatable bonds is 5. The summed E-state index contributed by atoms with van der Waals surface area (Å²) < 4.78 is 0.755. The van der Waals surface area contributed by atoms with Gasteiger partial charge in [0.2, 0.25) is 0 Å². The number of thiophene rings is 1. The Morgan fingerprint density at radius 3 is 2.48 bits per heavy atom. The second kappa shape index (κ2) is 7.72. The quantitative estimate of drug-likeness (QED) is 0.714. The third-order valence-electron chi connectivity index (χ3n) is 6.11. The number of nitrogens with zero attached hydrogens (tertiary/aromatic N) is 2. The molecule has 0 radical (unpaired) electrons. The number of amides is 3. The van der Waals surface area contributed by atoms with Gasteiger partial charge in [-0.2, -0.15) is 0 Å². The molecule has 1 aromatic rings. The Kier molecular flexibility index (Phi) is 5.90. The second-order valence-corrected chi connectivity index (χ2v) is 10.7. The molecule has 27 heavy (non-hydrogen) atoms. The maximum atomic E-state index is 13.2. The molecule has 1 aliphatic carbocycles. The van der Waals surface area contributed by atoms with Gasteiger partial charge in [-0.25, -0.2) is 9.69 Å². The smallest absolute Gasteiger partial charge is 0.323 e. The molecule has 1 N–H and O–H groups in total. The van der Waals surface area contributed by atoms with Crippen LogP contribution in [0, 0.1) is 11.3 Å². The Morgan fingerprint density at radius 1 is 1.30 bits per heavy atom. The molecule has 1 aliphatic heterocycles. The van der Waals surface area contributed by atoms with Crippen LogP contribution >= 0.6 is 22.9 Å². The lowest BCUT2D eigenvalue weighted by Gasteiger charge is -2.40. The van der Waals surface area contributed by atoms with Gasteiger partial charge in [-0.15, -0.1) is 11.3 Å². The van der Waals surface area contributed by atoms with Crippen molar-refractivity contribution in [3.8, 4) is 0 Å². The lowest BCUT2D eigenvalue weighted by atomic mass is 9.67. The van der Waals surface area contributed by atoms with Gasteiger partial charge < -0.3 is 5.32 Å². The summed E-state index contributed by atoms with van der Waals surface area (Å²) in [5.74, 6) is 0.542. The van der Waals surface area contributed by atoms with Crippen LogP contribution in [0.1, 0.15) is 58.3 Å². The van der Waals surface area contributed by atoms with Crippen LogP contribution in [-0.2, 0) is 11.3 Å². The summed E-state index contributed by atoms with van der Waals surface area (Å²) in [5, 5.41) is 3.03. The molecule has 2 heterocycles. The van der Waals surface area contributed by atoms with Crippen molar-refractivity contribution in [2.75, 3.05) is 13.2 Å². The molecule has 3 rings (SSSR count). The predicted molar refractivity (Wildman–Crippen MR) is 110 cm³/mol. The molecule has 0 atom stereocenters. The number of hydrogen-bond acceptors (Lipinski definition) is 4. The van der Waals surface area contributed by atoms with E-state index in [0.717, 1.165) is 41.4 Å². The van der Waals surface area contributed by atoms with E-state index in [-0.39, 0.29) is 17.4 Å². The summed E-state index contributed by atoms with van der Waals surface area (Å²) in [4.78, 5) is 30.4. The molecule has 3 amide bonds. The number of hydrogen-bond donors (Lipinski definition) is 1. The predicted octanol–water partition coefficient (Wildman–Crippen LogP) is 4.71. The fourth-order valence-electron chi connectivity index (χ4n) is 4.24. The summed E-state index contributed by atoms with van der Waals surface area (Å²) in [6.45, 7) is 10.6. The maximum Gasteiger partial charge on any atom is 0.326 e. The maximum absolute atomic E-state index is 13.2. The highest BCUT2D eigenvalue weighted by atomic mass is 35.5. The van der Waals surface area contributed by atoms with Crippen molar-refractivity contribution < 1.29 is 9.59 Å². The van der Waals surface area contributed by atoms with Crippen molar-refractivity contribution in [2.24, 2.45) is 11.3 Å². The Balaban J connectivity index is 1.65. The van der Waals surface area contributed by atoms with Gasteiger partial charge >= 0.3 is 6.03 Å². The van der Waals surface area contributed by atoms with Gasteiger partial charge in [0.25, 0.3) is 5.91 Å². The molecule has 2 fully saturated rings. The van der Waals surface area contributed by atoms with E-state index >= 15 is 0 Å². The molecule has 1 saturated carbocycles. The zero-order chi connectivity index (χ0) is 19.8. The molecule has 0 bridgehead atoms. The fraction of sp³-hybridized carbons (Fsp3) is 0.700. The third-order valence-corrected chi connectivity index (χ3v) is 7.32. The van der Waals surface area contributed by atoms with Gasteiger partial charge in [0, 0.05) is 11.4 Å². The van der Waals surface area contributed by atoms with Crippen molar-refractivity contribution in [3.05, 3.63) is 21.3 Å². The first-order valence-electron chi connectivity index (χ1n) is 9.75. The summed E-state index contributed by atoms with van der Waals surface area (Å²) in [6, 6.07) is 3.62. The number of imide groups is 1. The van der Waals surface area contributed by atoms with Crippen molar-refractivity contribution in [3.63, 3.8) is 0 Å². The van der Waals surface area contributed by atoms with E-state index < -0.39 is 5.54 Å². The highest BCUT2D eigenvalue weighted by Crippen LogP contribution is 2.43. The standard InChI is InChI=1S/C20H30ClN3O2S/c1-5-23(12-15-6-7-16(21)27-15)13-24-17(25)20(22-18(24)26)10-8-14(9-11-20)19(2,3)4/h6-7,14H,5,8-13H2,1-4H3,(H,22,26). The van der Waals surface area contributed by atoms with Crippen LogP contribution in [0.25, 0.3) is 0 Å². The van der Waals surface area contributed by atoms with Gasteiger partial charge in [0.05, 0.1) is 11.0 Å². The summed E-state index contributed by atoms with van der Waals surface area (Å²) >= 11 is 7.55. The highest BCUT2D eigenvalue weighted by Gasteiger charge is 2.53. The molecular weight excluding hydrogens is 382 g/mol. The zero-order valence-electron chi connectivity index (χ0n) is 16.7. The Hall–Kier alpha value is -1.11. The molecular formula is C20H30ClN3O2S. The monoisotopic (exact) mass is 411 g/mol. The van der Waals surface area contributed by atoms with E-state index in [4.69, 9.17) is 11.6 Å². The topological polar surface area (TPSA) is 52.6 Å². The minimum Gasteiger partial charge on any atom is -0.323 e. The van der Waals surface area contributed by atoms with E-state index in [1.165, 1.54) is 16.2 Å². The van der Waals surface area contributed by atoms with Crippen LogP contribution in [-0.4, -0.2) is 40.5 Å². The first kappa shape index (κ1) is 20.6. The lowest BCUT2D eigenvalue weighted by molar-refractivity contribution is -0.134. The SMILES string of the molecule is CCN(Cc1ccc(Cl)s1)CN1C(=O)NC2(CCC(C(C)(C)C)CC2)C1=O. The summed E-state index contributed by atoms with van der Waals surface area (Å²) in [7, 11) is 0. The minimum atomic E-state index is -0.690. The van der Waals surface area contributed by atoms with Gasteiger partial charge in [0.1, 0.15) is 5.54 Å². The normalized spacial score (nSPS) is 26.3. The minimum absolute atomic E-state index is 0.0532. The van der Waals surface area contributed by atoms with Crippen molar-refractivity contribution >= 4 is 34.9 Å². The molecule has 1 spiro atoms. The molecule has 150 valence electrons. The molecule has 2 aliphatic rings. The van der Waals surface area contributed by atoms with Crippen LogP contribution in [0.5, 0.6) is 0 Å². The Labute approximate surface area is 171 Å². The Bertz CT molecular complexity index is 704. The van der Waals surface area contributed by atoms with Gasteiger partial charge in [0.15, 0.2) is 0 Å². The first-order chi connectivity index (χ1) is 12.6. The fourth-order valence-corrected chi connectivity index (χ4v) is 5.37. The third kappa shape index (κ3) is 4.33. The summed E-state index contributed by atoms with van der Waals surface area (Å²) in [6.07, 6.45) is 3.44. The molecule has 0 aromatic carbocycles. The van der Waals surface area contributed by atoms with Gasteiger partial charge in [-0.3, -0.25) is 9.69 Å². The number of halogens is 1. The van der Waals surface area contributed by atoms with E-state index in [9.17, 15) is 9.59 Å². The van der Waals surface area contributed by atoms with Crippen LogP contribution in [0.4, 0.5) is 4.79 Å². The molecule has 5 nitrogen and oxygen atoms in total. The molecule has 7 heteroatoms. The molecule has 0 unspecified atom stereocenters. The van der Waals surface area contributed by atoms with Gasteiger partial charge in [-0.05, 0) is 55.7 Å². The zero-order valence-corrected chi connectivity index (χ0v) is 18.3.